The van der Waals surface area contributed by atoms with Crippen molar-refractivity contribution in [3.63, 3.8) is 0 Å². The molecule has 1 aliphatic rings. The Kier molecular flexibility index (Phi) is 3.32. The van der Waals surface area contributed by atoms with Crippen molar-refractivity contribution in [1.29, 1.82) is 5.26 Å². The molecule has 1 aliphatic heterocycles. The topological polar surface area (TPSA) is 75.4 Å². The molecule has 0 fully saturated rings. The molecule has 2 heterocycles. The lowest BCUT2D eigenvalue weighted by Gasteiger charge is -2.07. The molecule has 7 heteroatoms. The molecule has 0 atom stereocenters. The Morgan fingerprint density at radius 3 is 3.05 bits per heavy atom. The van der Waals surface area contributed by atoms with Crippen LogP contribution in [0.5, 0.6) is 11.6 Å². The Hall–Kier alpha value is -2.07. The minimum absolute atomic E-state index is 0.227. The van der Waals surface area contributed by atoms with E-state index in [2.05, 4.69) is 4.98 Å². The maximum Gasteiger partial charge on any atom is 0.491 e. The first-order chi connectivity index (χ1) is 9.67. The quantitative estimate of drug-likeness (QED) is 0.849. The highest BCUT2D eigenvalue weighted by Crippen LogP contribution is 2.28. The smallest absolute Gasteiger partial charge is 0.438 e. The predicted molar refractivity (Wildman–Crippen MR) is 72.9 cm³/mol. The summed E-state index contributed by atoms with van der Waals surface area (Å²) in [6.45, 7) is 0.336. The molecular weight excluding hydrogens is 278 g/mol. The number of halogens is 1. The highest BCUT2D eigenvalue weighted by Gasteiger charge is 2.27. The average Bonchev–Trinajstić information content (AvgIpc) is 2.82. The zero-order valence-electron chi connectivity index (χ0n) is 10.2. The molecule has 20 heavy (non-hydrogen) atoms. The number of pyridine rings is 1. The summed E-state index contributed by atoms with van der Waals surface area (Å²) in [6, 6.07) is 8.64. The molecule has 5 nitrogen and oxygen atoms in total. The Morgan fingerprint density at radius 2 is 2.30 bits per heavy atom. The van der Waals surface area contributed by atoms with Crippen LogP contribution in [0, 0.1) is 11.3 Å². The third-order valence-corrected chi connectivity index (χ3v) is 3.20. The van der Waals surface area contributed by atoms with Crippen LogP contribution < -0.4 is 10.2 Å². The predicted octanol–water partition coefficient (Wildman–Crippen LogP) is 1.62. The number of ether oxygens (including phenoxy) is 1. The number of nitrogens with zero attached hydrogens (tertiary/aromatic N) is 2. The van der Waals surface area contributed by atoms with Gasteiger partial charge < -0.3 is 14.4 Å². The molecule has 1 aromatic carbocycles. The number of fused-ring (bicyclic) bond motifs is 1. The monoisotopic (exact) mass is 286 g/mol. The highest BCUT2D eigenvalue weighted by atomic mass is 35.5. The number of rotatable bonds is 2. The minimum Gasteiger partial charge on any atom is -0.438 e. The van der Waals surface area contributed by atoms with Crippen molar-refractivity contribution >= 4 is 24.2 Å². The average molecular weight is 286 g/mol. The van der Waals surface area contributed by atoms with Gasteiger partial charge >= 0.3 is 7.12 Å². The van der Waals surface area contributed by atoms with Gasteiger partial charge in [0.25, 0.3) is 0 Å². The lowest BCUT2D eigenvalue weighted by Crippen LogP contribution is -2.27. The van der Waals surface area contributed by atoms with Crippen LogP contribution in [0.15, 0.2) is 30.5 Å². The lowest BCUT2D eigenvalue weighted by molar-refractivity contribution is 0.275. The number of hydrogen-bond acceptors (Lipinski definition) is 5. The molecule has 2 aromatic rings. The van der Waals surface area contributed by atoms with Gasteiger partial charge in [0.2, 0.25) is 5.88 Å². The van der Waals surface area contributed by atoms with Crippen LogP contribution in [0.25, 0.3) is 0 Å². The number of hydrogen-bond donors (Lipinski definition) is 1. The zero-order valence-corrected chi connectivity index (χ0v) is 11.0. The second-order valence-electron chi connectivity index (χ2n) is 4.25. The van der Waals surface area contributed by atoms with E-state index < -0.39 is 7.12 Å². The molecule has 1 N–H and O–H groups in total. The second-order valence-corrected chi connectivity index (χ2v) is 4.66. The molecule has 0 saturated carbocycles. The maximum atomic E-state index is 9.54. The number of aromatic nitrogens is 1. The number of nitriles is 1. The van der Waals surface area contributed by atoms with Gasteiger partial charge in [0.05, 0.1) is 12.2 Å². The van der Waals surface area contributed by atoms with E-state index in [1.165, 1.54) is 12.3 Å². The first kappa shape index (κ1) is 12.9. The summed E-state index contributed by atoms with van der Waals surface area (Å²) >= 11 is 6.00. The first-order valence-electron chi connectivity index (χ1n) is 5.83. The van der Waals surface area contributed by atoms with Crippen molar-refractivity contribution in [2.75, 3.05) is 0 Å². The Morgan fingerprint density at radius 1 is 1.45 bits per heavy atom. The summed E-state index contributed by atoms with van der Waals surface area (Å²) in [6.07, 6.45) is 1.39. The molecule has 0 saturated heterocycles. The van der Waals surface area contributed by atoms with Crippen LogP contribution in [-0.4, -0.2) is 17.1 Å². The molecule has 0 bridgehead atoms. The first-order valence-corrected chi connectivity index (χ1v) is 6.21. The van der Waals surface area contributed by atoms with E-state index in [-0.39, 0.29) is 10.9 Å². The molecule has 0 radical (unpaired) electrons. The van der Waals surface area contributed by atoms with E-state index in [0.29, 0.717) is 17.9 Å². The largest absolute Gasteiger partial charge is 0.491 e. The highest BCUT2D eigenvalue weighted by molar-refractivity contribution is 6.61. The van der Waals surface area contributed by atoms with Gasteiger partial charge in [-0.15, -0.1) is 0 Å². The zero-order chi connectivity index (χ0) is 14.1. The van der Waals surface area contributed by atoms with Crippen LogP contribution >= 0.6 is 11.6 Å². The van der Waals surface area contributed by atoms with E-state index in [1.54, 1.807) is 18.2 Å². The van der Waals surface area contributed by atoms with Crippen molar-refractivity contribution in [3.8, 4) is 17.7 Å². The minimum atomic E-state index is -0.879. The van der Waals surface area contributed by atoms with Gasteiger partial charge in [0.15, 0.2) is 0 Å². The molecule has 0 spiro atoms. The molecule has 98 valence electrons. The Labute approximate surface area is 120 Å². The van der Waals surface area contributed by atoms with Crippen LogP contribution in [-0.2, 0) is 11.3 Å². The Bertz CT molecular complexity index is 717. The van der Waals surface area contributed by atoms with E-state index in [9.17, 15) is 5.02 Å². The molecule has 0 aliphatic carbocycles. The lowest BCUT2D eigenvalue weighted by atomic mass is 9.80. The van der Waals surface area contributed by atoms with E-state index in [0.717, 1.165) is 11.0 Å². The Balaban J connectivity index is 1.87. The van der Waals surface area contributed by atoms with E-state index in [4.69, 9.17) is 26.3 Å². The molecule has 0 amide bonds. The van der Waals surface area contributed by atoms with E-state index >= 15 is 0 Å². The van der Waals surface area contributed by atoms with Gasteiger partial charge in [-0.3, -0.25) is 0 Å². The summed E-state index contributed by atoms with van der Waals surface area (Å²) in [5, 5.41) is 18.5. The third kappa shape index (κ3) is 2.34. The van der Waals surface area contributed by atoms with Gasteiger partial charge in [-0.1, -0.05) is 17.7 Å². The summed E-state index contributed by atoms with van der Waals surface area (Å²) in [7, 11) is -0.879. The van der Waals surface area contributed by atoms with Gasteiger partial charge in [0.1, 0.15) is 16.8 Å². The van der Waals surface area contributed by atoms with Gasteiger partial charge in [-0.05, 0) is 29.2 Å². The molecule has 3 rings (SSSR count). The van der Waals surface area contributed by atoms with Crippen molar-refractivity contribution in [1.82, 2.24) is 4.98 Å². The normalized spacial score (nSPS) is 12.9. The van der Waals surface area contributed by atoms with Crippen molar-refractivity contribution < 1.29 is 14.4 Å². The fraction of sp³-hybridized carbons (Fsp3) is 0.0769. The summed E-state index contributed by atoms with van der Waals surface area (Å²) in [5.41, 5.74) is 1.96. The fourth-order valence-corrected chi connectivity index (χ4v) is 2.15. The van der Waals surface area contributed by atoms with Crippen LogP contribution in [0.2, 0.25) is 5.02 Å². The molecule has 1 aromatic heterocycles. The van der Waals surface area contributed by atoms with Crippen LogP contribution in [0.3, 0.4) is 0 Å². The summed E-state index contributed by atoms with van der Waals surface area (Å²) in [5.74, 6) is 0.769. The van der Waals surface area contributed by atoms with Crippen molar-refractivity contribution in [2.24, 2.45) is 0 Å². The third-order valence-electron chi connectivity index (χ3n) is 2.93. The SMILES string of the molecule is N#Cc1cnc(Oc2ccc3c(c2)COB3O)c(Cl)c1. The summed E-state index contributed by atoms with van der Waals surface area (Å²) < 4.78 is 10.7. The second kappa shape index (κ2) is 5.14. The van der Waals surface area contributed by atoms with Gasteiger partial charge in [-0.2, -0.15) is 5.26 Å². The van der Waals surface area contributed by atoms with E-state index in [1.807, 2.05) is 6.07 Å². The van der Waals surface area contributed by atoms with Gasteiger partial charge in [0, 0.05) is 6.20 Å². The maximum absolute atomic E-state index is 9.54. The molecular formula is C13H8BClN2O3. The van der Waals surface area contributed by atoms with Gasteiger partial charge in [-0.25, -0.2) is 4.98 Å². The fourth-order valence-electron chi connectivity index (χ4n) is 1.94. The van der Waals surface area contributed by atoms with Crippen LogP contribution in [0.4, 0.5) is 0 Å². The van der Waals surface area contributed by atoms with Crippen molar-refractivity contribution in [3.05, 3.63) is 46.6 Å². The van der Waals surface area contributed by atoms with Crippen molar-refractivity contribution in [2.45, 2.75) is 6.61 Å². The molecule has 0 unspecified atom stereocenters. The standard InChI is InChI=1S/C13H8BClN2O3/c15-12-3-8(5-16)6-17-13(12)20-10-1-2-11-9(4-10)7-19-14(11)18/h1-4,6,18H,7H2. The summed E-state index contributed by atoms with van der Waals surface area (Å²) in [4.78, 5) is 4.00. The van der Waals surface area contributed by atoms with Crippen LogP contribution in [0.1, 0.15) is 11.1 Å². The number of benzene rings is 1.